The van der Waals surface area contributed by atoms with Crippen LogP contribution in [0.5, 0.6) is 0 Å². The Morgan fingerprint density at radius 2 is 1.24 bits per heavy atom. The van der Waals surface area contributed by atoms with Crippen LogP contribution in [0.1, 0.15) is 13.8 Å². The van der Waals surface area contributed by atoms with Gasteiger partial charge in [0.05, 0.1) is 13.2 Å². The molecular formula is C8H10Cl2F7O3P. The maximum Gasteiger partial charge on any atom is 0.412 e. The van der Waals surface area contributed by atoms with E-state index in [1.165, 1.54) is 0 Å². The van der Waals surface area contributed by atoms with Gasteiger partial charge in [-0.1, -0.05) is 11.6 Å². The summed E-state index contributed by atoms with van der Waals surface area (Å²) in [7, 11) is -6.01. The van der Waals surface area contributed by atoms with Crippen LogP contribution in [0.4, 0.5) is 30.7 Å². The molecule has 0 aromatic rings. The third-order valence-corrected chi connectivity index (χ3v) is 5.07. The van der Waals surface area contributed by atoms with E-state index in [0.717, 1.165) is 13.8 Å². The second kappa shape index (κ2) is 6.39. The molecule has 0 spiro atoms. The van der Waals surface area contributed by atoms with Gasteiger partial charge in [-0.2, -0.15) is 26.3 Å². The highest BCUT2D eigenvalue weighted by molar-refractivity contribution is 7.55. The van der Waals surface area contributed by atoms with E-state index in [9.17, 15) is 35.3 Å². The molecule has 0 aliphatic heterocycles. The van der Waals surface area contributed by atoms with Crippen molar-refractivity contribution >= 4 is 30.8 Å². The molecule has 0 saturated heterocycles. The van der Waals surface area contributed by atoms with Crippen LogP contribution in [0.2, 0.25) is 0 Å². The summed E-state index contributed by atoms with van der Waals surface area (Å²) < 4.78 is 112. The Morgan fingerprint density at radius 3 is 1.48 bits per heavy atom. The minimum atomic E-state index is -6.37. The minimum Gasteiger partial charge on any atom is -0.305 e. The van der Waals surface area contributed by atoms with Crippen LogP contribution in [-0.2, 0) is 13.6 Å². The predicted octanol–water partition coefficient (Wildman–Crippen LogP) is 5.22. The zero-order valence-corrected chi connectivity index (χ0v) is 12.9. The maximum absolute atomic E-state index is 13.7. The molecule has 3 nitrogen and oxygen atoms in total. The van der Waals surface area contributed by atoms with Crippen LogP contribution in [0, 0.1) is 0 Å². The fourth-order valence-corrected chi connectivity index (χ4v) is 2.96. The lowest BCUT2D eigenvalue weighted by Gasteiger charge is -2.37. The first-order valence-corrected chi connectivity index (χ1v) is 7.51. The largest absolute Gasteiger partial charge is 0.412 e. The van der Waals surface area contributed by atoms with Crippen LogP contribution in [0.3, 0.4) is 0 Å². The summed E-state index contributed by atoms with van der Waals surface area (Å²) in [5, 5.41) is -11.3. The second-order valence-electron chi connectivity index (χ2n) is 3.52. The van der Waals surface area contributed by atoms with Gasteiger partial charge >= 0.3 is 29.7 Å². The normalized spacial score (nSPS) is 17.7. The summed E-state index contributed by atoms with van der Waals surface area (Å²) in [6.07, 6.45) is 0. The third kappa shape index (κ3) is 3.44. The van der Waals surface area contributed by atoms with Crippen LogP contribution < -0.4 is 0 Å². The van der Waals surface area contributed by atoms with Gasteiger partial charge in [0.2, 0.25) is 0 Å². The lowest BCUT2D eigenvalue weighted by Crippen LogP contribution is -2.59. The van der Waals surface area contributed by atoms with Gasteiger partial charge in [-0.15, -0.1) is 0 Å². The molecule has 0 aromatic carbocycles. The molecule has 0 amide bonds. The molecule has 0 saturated carbocycles. The van der Waals surface area contributed by atoms with E-state index in [4.69, 9.17) is 0 Å². The second-order valence-corrected chi connectivity index (χ2v) is 6.59. The maximum atomic E-state index is 13.7. The van der Waals surface area contributed by atoms with E-state index in [1.54, 1.807) is 0 Å². The van der Waals surface area contributed by atoms with Crippen LogP contribution in [0.25, 0.3) is 0 Å². The number of hydrogen-bond donors (Lipinski definition) is 0. The van der Waals surface area contributed by atoms with E-state index < -0.39 is 42.9 Å². The van der Waals surface area contributed by atoms with Crippen molar-refractivity contribution in [2.45, 2.75) is 35.9 Å². The Bertz CT molecular complexity index is 403. The van der Waals surface area contributed by atoms with E-state index in [1.807, 2.05) is 0 Å². The fourth-order valence-electron chi connectivity index (χ4n) is 1.08. The molecule has 0 heterocycles. The van der Waals surface area contributed by atoms with Crippen molar-refractivity contribution in [3.8, 4) is 0 Å². The number of hydrogen-bond acceptors (Lipinski definition) is 3. The summed E-state index contributed by atoms with van der Waals surface area (Å²) in [4.78, 5) is 0. The van der Waals surface area contributed by atoms with Crippen LogP contribution >= 0.6 is 30.8 Å². The van der Waals surface area contributed by atoms with Crippen molar-refractivity contribution in [3.05, 3.63) is 0 Å². The first kappa shape index (κ1) is 21.2. The highest BCUT2D eigenvalue weighted by Gasteiger charge is 2.84. The Morgan fingerprint density at radius 1 is 0.905 bits per heavy atom. The molecule has 0 N–H and O–H groups in total. The van der Waals surface area contributed by atoms with E-state index in [0.29, 0.717) is 0 Å². The lowest BCUT2D eigenvalue weighted by molar-refractivity contribution is -0.252. The Kier molecular flexibility index (Phi) is 6.46. The van der Waals surface area contributed by atoms with E-state index in [2.05, 4.69) is 32.2 Å². The molecule has 13 heteroatoms. The van der Waals surface area contributed by atoms with Crippen molar-refractivity contribution in [1.29, 1.82) is 0 Å². The third-order valence-electron chi connectivity index (χ3n) is 2.07. The zero-order valence-electron chi connectivity index (χ0n) is 10.5. The molecule has 0 radical (unpaired) electrons. The monoisotopic (exact) mass is 388 g/mol. The molecule has 0 rings (SSSR count). The topological polar surface area (TPSA) is 35.5 Å². The first-order valence-electron chi connectivity index (χ1n) is 5.21. The number of alkyl halides is 9. The van der Waals surface area contributed by atoms with Crippen molar-refractivity contribution in [1.82, 2.24) is 0 Å². The SMILES string of the molecule is CCOP(=O)(OCC)C(F)(F)C(F)(F)C(F)(Cl)C(F)(F)Cl. The molecule has 0 bridgehead atoms. The van der Waals surface area contributed by atoms with Crippen LogP contribution in [0.15, 0.2) is 0 Å². The summed E-state index contributed by atoms with van der Waals surface area (Å²) in [6, 6.07) is 0. The minimum absolute atomic E-state index is 0.804. The molecular weight excluding hydrogens is 379 g/mol. The summed E-state index contributed by atoms with van der Waals surface area (Å²) in [5.74, 6) is -6.37. The highest BCUT2D eigenvalue weighted by atomic mass is 35.5. The van der Waals surface area contributed by atoms with Gasteiger partial charge in [-0.25, -0.2) is 4.39 Å². The van der Waals surface area contributed by atoms with Gasteiger partial charge in [-0.3, -0.25) is 4.57 Å². The molecule has 1 unspecified atom stereocenters. The number of rotatable bonds is 8. The first-order chi connectivity index (χ1) is 9.12. The molecule has 1 atom stereocenters. The molecule has 0 fully saturated rings. The summed E-state index contributed by atoms with van der Waals surface area (Å²) in [6.45, 7) is 0.364. The van der Waals surface area contributed by atoms with Crippen molar-refractivity contribution < 1.29 is 44.3 Å². The Labute approximate surface area is 125 Å². The molecule has 0 aromatic heterocycles. The van der Waals surface area contributed by atoms with E-state index >= 15 is 0 Å². The van der Waals surface area contributed by atoms with Crippen molar-refractivity contribution in [2.24, 2.45) is 0 Å². The van der Waals surface area contributed by atoms with Crippen LogP contribution in [-0.4, -0.2) is 35.3 Å². The van der Waals surface area contributed by atoms with Gasteiger partial charge in [0.25, 0.3) is 0 Å². The number of halogens is 9. The fraction of sp³-hybridized carbons (Fsp3) is 1.00. The van der Waals surface area contributed by atoms with Gasteiger partial charge in [0.15, 0.2) is 0 Å². The lowest BCUT2D eigenvalue weighted by atomic mass is 10.2. The van der Waals surface area contributed by atoms with Gasteiger partial charge in [-0.05, 0) is 25.4 Å². The van der Waals surface area contributed by atoms with Crippen molar-refractivity contribution in [2.75, 3.05) is 13.2 Å². The summed E-state index contributed by atoms with van der Waals surface area (Å²) >= 11 is 8.18. The Hall–Kier alpha value is 0.240. The molecule has 21 heavy (non-hydrogen) atoms. The van der Waals surface area contributed by atoms with Gasteiger partial charge < -0.3 is 9.05 Å². The molecule has 0 aliphatic carbocycles. The van der Waals surface area contributed by atoms with Crippen molar-refractivity contribution in [3.63, 3.8) is 0 Å². The summed E-state index contributed by atoms with van der Waals surface area (Å²) in [5.41, 5.74) is -6.00. The van der Waals surface area contributed by atoms with Gasteiger partial charge in [0, 0.05) is 0 Å². The zero-order chi connectivity index (χ0) is 17.3. The highest BCUT2D eigenvalue weighted by Crippen LogP contribution is 2.71. The van der Waals surface area contributed by atoms with Gasteiger partial charge in [0.1, 0.15) is 0 Å². The molecule has 128 valence electrons. The van der Waals surface area contributed by atoms with E-state index in [-0.39, 0.29) is 0 Å². The smallest absolute Gasteiger partial charge is 0.305 e. The average molecular weight is 389 g/mol. The Balaban J connectivity index is 6.02. The standard InChI is InChI=1S/C8H10Cl2F7O3P/c1-3-19-21(18,20-4-2)8(16,17)6(12,13)5(9,11)7(10,14)15/h3-4H2,1-2H3. The molecule has 0 aliphatic rings. The quantitative estimate of drug-likeness (QED) is 0.325. The average Bonchev–Trinajstić information content (AvgIpc) is 2.27. The predicted molar refractivity (Wildman–Crippen MR) is 61.2 cm³/mol.